The van der Waals surface area contributed by atoms with Crippen LogP contribution in [0.4, 0.5) is 0 Å². The lowest BCUT2D eigenvalue weighted by Crippen LogP contribution is -2.65. The Bertz CT molecular complexity index is 526. The third kappa shape index (κ3) is 3.80. The van der Waals surface area contributed by atoms with E-state index in [1.54, 1.807) is 0 Å². The average molecular weight is 384 g/mol. The third-order valence-corrected chi connectivity index (χ3v) is 4.16. The summed E-state index contributed by atoms with van der Waals surface area (Å²) in [6, 6.07) is 0. The van der Waals surface area contributed by atoms with E-state index in [-0.39, 0.29) is 0 Å². The quantitative estimate of drug-likeness (QED) is 0.238. The van der Waals surface area contributed by atoms with Crippen molar-refractivity contribution in [3.8, 4) is 0 Å². The zero-order valence-electron chi connectivity index (χ0n) is 13.4. The molecule has 0 bridgehead atoms. The molecule has 150 valence electrons. The zero-order valence-corrected chi connectivity index (χ0v) is 13.4. The summed E-state index contributed by atoms with van der Waals surface area (Å²) in [6.07, 6.45) is -18.5. The van der Waals surface area contributed by atoms with Crippen molar-refractivity contribution in [3.63, 3.8) is 0 Å². The second-order valence-corrected chi connectivity index (χ2v) is 5.81. The number of hydrogen-bond acceptors (Lipinski definition) is 11. The van der Waals surface area contributed by atoms with Gasteiger partial charge in [0.05, 0.1) is 0 Å². The van der Waals surface area contributed by atoms with Crippen LogP contribution in [0.3, 0.4) is 0 Å². The number of ether oxygens (including phenoxy) is 4. The fourth-order valence-corrected chi connectivity index (χ4v) is 2.77. The summed E-state index contributed by atoms with van der Waals surface area (Å²) >= 11 is 0. The number of carboxylic acid groups (broad SMARTS) is 2. The number of methoxy groups -OCH3 is 1. The summed E-state index contributed by atoms with van der Waals surface area (Å²) in [6.45, 7) is 0. The molecule has 10 atom stereocenters. The average Bonchev–Trinajstić information content (AvgIpc) is 2.58. The SMILES string of the molecule is COC1C(C(=O)O)OC(OC2C(C(=O)O)OC(O)C(O)C2O)C(O)C1O. The number of aliphatic carboxylic acids is 2. The molecule has 0 aromatic rings. The topological polar surface area (TPSA) is 213 Å². The predicted octanol–water partition coefficient (Wildman–Crippen LogP) is -4.56. The molecule has 2 rings (SSSR count). The van der Waals surface area contributed by atoms with Crippen molar-refractivity contribution >= 4 is 11.9 Å². The van der Waals surface area contributed by atoms with Crippen molar-refractivity contribution in [1.82, 2.24) is 0 Å². The first-order chi connectivity index (χ1) is 12.1. The van der Waals surface area contributed by atoms with Gasteiger partial charge in [0.25, 0.3) is 0 Å². The van der Waals surface area contributed by atoms with Crippen LogP contribution in [-0.4, -0.2) is 116 Å². The van der Waals surface area contributed by atoms with E-state index in [1.165, 1.54) is 0 Å². The molecular weight excluding hydrogens is 364 g/mol. The molecule has 2 saturated heterocycles. The highest BCUT2D eigenvalue weighted by Crippen LogP contribution is 2.29. The standard InChI is InChI=1S/C13H20O13/c1-23-6-3(15)5(17)13(26-8(6)10(18)19)25-7-2(14)4(16)12(22)24-9(7)11(20)21/h2-9,12-17,22H,1H3,(H,18,19)(H,20,21). The van der Waals surface area contributed by atoms with Crippen LogP contribution in [0.15, 0.2) is 0 Å². The summed E-state index contributed by atoms with van der Waals surface area (Å²) in [5.74, 6) is -3.22. The van der Waals surface area contributed by atoms with E-state index in [1.807, 2.05) is 0 Å². The Labute approximate surface area is 145 Å². The maximum absolute atomic E-state index is 11.3. The molecule has 0 spiro atoms. The van der Waals surface area contributed by atoms with Gasteiger partial charge in [-0.2, -0.15) is 0 Å². The molecule has 0 aromatic heterocycles. The van der Waals surface area contributed by atoms with E-state index >= 15 is 0 Å². The normalized spacial score (nSPS) is 46.7. The second-order valence-electron chi connectivity index (χ2n) is 5.81. The van der Waals surface area contributed by atoms with Crippen molar-refractivity contribution < 1.29 is 64.3 Å². The molecular formula is C13H20O13. The van der Waals surface area contributed by atoms with E-state index in [4.69, 9.17) is 24.4 Å². The Balaban J connectivity index is 2.23. The summed E-state index contributed by atoms with van der Waals surface area (Å²) in [5.41, 5.74) is 0. The van der Waals surface area contributed by atoms with E-state index in [9.17, 15) is 35.1 Å². The van der Waals surface area contributed by atoms with Crippen molar-refractivity contribution in [2.45, 2.75) is 61.4 Å². The number of carbonyl (C=O) groups is 2. The fourth-order valence-electron chi connectivity index (χ4n) is 2.77. The highest BCUT2D eigenvalue weighted by Gasteiger charge is 2.53. The smallest absolute Gasteiger partial charge is 0.335 e. The zero-order chi connectivity index (χ0) is 19.8. The Morgan fingerprint density at radius 2 is 1.27 bits per heavy atom. The number of rotatable bonds is 5. The third-order valence-electron chi connectivity index (χ3n) is 4.16. The number of aliphatic hydroxyl groups is 5. The molecule has 10 unspecified atom stereocenters. The minimum Gasteiger partial charge on any atom is -0.479 e. The summed E-state index contributed by atoms with van der Waals surface area (Å²) in [5, 5.41) is 67.3. The minimum atomic E-state index is -2.02. The molecule has 2 heterocycles. The maximum Gasteiger partial charge on any atom is 0.335 e. The van der Waals surface area contributed by atoms with Crippen LogP contribution in [-0.2, 0) is 28.5 Å². The molecule has 0 aliphatic carbocycles. The van der Waals surface area contributed by atoms with Gasteiger partial charge < -0.3 is 54.7 Å². The summed E-state index contributed by atoms with van der Waals surface area (Å²) in [7, 11) is 1.08. The summed E-state index contributed by atoms with van der Waals surface area (Å²) in [4.78, 5) is 22.5. The highest BCUT2D eigenvalue weighted by molar-refractivity contribution is 5.74. The maximum atomic E-state index is 11.3. The van der Waals surface area contributed by atoms with E-state index < -0.39 is 73.4 Å². The molecule has 13 heteroatoms. The molecule has 13 nitrogen and oxygen atoms in total. The monoisotopic (exact) mass is 384 g/mol. The van der Waals surface area contributed by atoms with Crippen LogP contribution in [0.25, 0.3) is 0 Å². The van der Waals surface area contributed by atoms with Crippen LogP contribution in [0.5, 0.6) is 0 Å². The first kappa shape index (κ1) is 20.9. The molecule has 0 amide bonds. The van der Waals surface area contributed by atoms with Crippen molar-refractivity contribution in [2.75, 3.05) is 7.11 Å². The van der Waals surface area contributed by atoms with Gasteiger partial charge in [0.1, 0.15) is 36.6 Å². The Hall–Kier alpha value is -1.42. The van der Waals surface area contributed by atoms with Crippen LogP contribution in [0.1, 0.15) is 0 Å². The van der Waals surface area contributed by atoms with Gasteiger partial charge >= 0.3 is 11.9 Å². The lowest BCUT2D eigenvalue weighted by atomic mass is 9.96. The molecule has 2 aliphatic heterocycles. The van der Waals surface area contributed by atoms with Gasteiger partial charge in [-0.15, -0.1) is 0 Å². The van der Waals surface area contributed by atoms with Gasteiger partial charge in [-0.25, -0.2) is 9.59 Å². The molecule has 2 aliphatic rings. The Morgan fingerprint density at radius 1 is 0.769 bits per heavy atom. The van der Waals surface area contributed by atoms with Gasteiger partial charge in [0, 0.05) is 7.11 Å². The van der Waals surface area contributed by atoms with E-state index in [0.717, 1.165) is 7.11 Å². The van der Waals surface area contributed by atoms with Crippen LogP contribution >= 0.6 is 0 Å². The van der Waals surface area contributed by atoms with Crippen molar-refractivity contribution in [2.24, 2.45) is 0 Å². The largest absolute Gasteiger partial charge is 0.479 e. The fraction of sp³-hybridized carbons (Fsp3) is 0.846. The van der Waals surface area contributed by atoms with Gasteiger partial charge in [0.2, 0.25) is 0 Å². The highest BCUT2D eigenvalue weighted by atomic mass is 16.7. The predicted molar refractivity (Wildman–Crippen MR) is 74.5 cm³/mol. The minimum absolute atomic E-state index is 1.08. The number of carboxylic acids is 2. The first-order valence-electron chi connectivity index (χ1n) is 7.45. The van der Waals surface area contributed by atoms with Gasteiger partial charge in [-0.05, 0) is 0 Å². The van der Waals surface area contributed by atoms with Crippen LogP contribution < -0.4 is 0 Å². The van der Waals surface area contributed by atoms with Crippen molar-refractivity contribution in [1.29, 1.82) is 0 Å². The molecule has 0 saturated carbocycles. The van der Waals surface area contributed by atoms with Gasteiger partial charge in [0.15, 0.2) is 24.8 Å². The molecule has 0 radical (unpaired) electrons. The van der Waals surface area contributed by atoms with E-state index in [0.29, 0.717) is 0 Å². The second kappa shape index (κ2) is 8.08. The Kier molecular flexibility index (Phi) is 6.49. The molecule has 7 N–H and O–H groups in total. The first-order valence-corrected chi connectivity index (χ1v) is 7.45. The molecule has 26 heavy (non-hydrogen) atoms. The molecule has 0 aromatic carbocycles. The lowest BCUT2D eigenvalue weighted by molar-refractivity contribution is -0.347. The van der Waals surface area contributed by atoms with Gasteiger partial charge in [-0.1, -0.05) is 0 Å². The Morgan fingerprint density at radius 3 is 1.77 bits per heavy atom. The molecule has 2 fully saturated rings. The van der Waals surface area contributed by atoms with E-state index in [2.05, 4.69) is 4.74 Å². The van der Waals surface area contributed by atoms with Gasteiger partial charge in [-0.3, -0.25) is 0 Å². The number of aliphatic hydroxyl groups excluding tert-OH is 5. The van der Waals surface area contributed by atoms with Crippen LogP contribution in [0.2, 0.25) is 0 Å². The van der Waals surface area contributed by atoms with Crippen molar-refractivity contribution in [3.05, 3.63) is 0 Å². The van der Waals surface area contributed by atoms with Crippen LogP contribution in [0, 0.1) is 0 Å². The lowest BCUT2D eigenvalue weighted by Gasteiger charge is -2.44. The summed E-state index contributed by atoms with van der Waals surface area (Å²) < 4.78 is 19.6. The number of hydrogen-bond donors (Lipinski definition) is 7.